The minimum Gasteiger partial charge on any atom is -0.497 e. The third-order valence-corrected chi connectivity index (χ3v) is 13.6. The van der Waals surface area contributed by atoms with Crippen molar-refractivity contribution in [3.05, 3.63) is 46.6 Å². The molecule has 18 nitrogen and oxygen atoms in total. The summed E-state index contributed by atoms with van der Waals surface area (Å²) in [6.45, 7) is 16.5. The molecule has 0 spiro atoms. The Bertz CT molecular complexity index is 2100. The molecule has 0 radical (unpaired) electrons. The number of hydrogen-bond donors (Lipinski definition) is 3. The van der Waals surface area contributed by atoms with E-state index in [1.165, 1.54) is 58.3 Å². The number of fused-ring (bicyclic) bond motifs is 4. The van der Waals surface area contributed by atoms with Crippen LogP contribution in [-0.2, 0) is 42.7 Å². The molecule has 354 valence electrons. The number of aliphatic hydroxyl groups excluding tert-OH is 1. The van der Waals surface area contributed by atoms with Crippen LogP contribution in [0.15, 0.2) is 41.0 Å². The van der Waals surface area contributed by atoms with E-state index in [0.29, 0.717) is 22.5 Å². The van der Waals surface area contributed by atoms with Gasteiger partial charge in [0.2, 0.25) is 0 Å². The van der Waals surface area contributed by atoms with Gasteiger partial charge in [-0.2, -0.15) is 0 Å². The number of hydrogen-bond acceptors (Lipinski definition) is 16. The largest absolute Gasteiger partial charge is 0.497 e. The molecule has 5 aliphatic rings. The Morgan fingerprint density at radius 2 is 1.66 bits per heavy atom. The van der Waals surface area contributed by atoms with Gasteiger partial charge in [-0.15, -0.1) is 0 Å². The molecule has 2 amide bonds. The molecule has 3 N–H and O–H groups in total. The first-order chi connectivity index (χ1) is 29.7. The van der Waals surface area contributed by atoms with Crippen LogP contribution in [0, 0.1) is 16.7 Å². The fraction of sp³-hybridized carbons (Fsp3) is 0.674. The predicted octanol–water partition coefficient (Wildman–Crippen LogP) is 4.41. The summed E-state index contributed by atoms with van der Waals surface area (Å²) in [6.07, 6.45) is -8.92. The number of aliphatic hydroxyl groups is 2. The van der Waals surface area contributed by atoms with Gasteiger partial charge in [-0.05, 0) is 70.9 Å². The number of esters is 3. The first kappa shape index (κ1) is 48.5. The molecular weight excluding hydrogens is 837 g/mol. The van der Waals surface area contributed by atoms with Crippen LogP contribution in [0.4, 0.5) is 9.59 Å². The predicted molar refractivity (Wildman–Crippen MR) is 226 cm³/mol. The number of amides is 2. The summed E-state index contributed by atoms with van der Waals surface area (Å²) in [7, 11) is 5.84. The molecule has 3 aliphatic carbocycles. The van der Waals surface area contributed by atoms with E-state index in [1.54, 1.807) is 61.5 Å². The summed E-state index contributed by atoms with van der Waals surface area (Å²) >= 11 is 0. The van der Waals surface area contributed by atoms with Gasteiger partial charge < -0.3 is 63.1 Å². The average molecular weight is 901 g/mol. The van der Waals surface area contributed by atoms with E-state index in [0.717, 1.165) is 0 Å². The molecule has 64 heavy (non-hydrogen) atoms. The molecule has 2 heterocycles. The van der Waals surface area contributed by atoms with Crippen LogP contribution in [0.5, 0.6) is 11.5 Å². The Hall–Kier alpha value is -4.91. The lowest BCUT2D eigenvalue weighted by Gasteiger charge is -2.74. The Labute approximate surface area is 373 Å². The van der Waals surface area contributed by atoms with E-state index in [-0.39, 0.29) is 24.3 Å². The van der Waals surface area contributed by atoms with Gasteiger partial charge in [-0.1, -0.05) is 32.4 Å². The molecule has 2 saturated carbocycles. The summed E-state index contributed by atoms with van der Waals surface area (Å²) in [5.41, 5.74) is -5.99. The Morgan fingerprint density at radius 1 is 0.984 bits per heavy atom. The number of nitrogens with zero attached hydrogens (tertiary/aromatic N) is 1. The number of allylic oxidation sites excluding steroid dienone is 1. The molecule has 1 aromatic rings. The molecular formula is C46H64N2O16. The van der Waals surface area contributed by atoms with Crippen molar-refractivity contribution >= 4 is 30.1 Å². The van der Waals surface area contributed by atoms with Crippen LogP contribution in [0.1, 0.15) is 92.4 Å². The van der Waals surface area contributed by atoms with Crippen LogP contribution in [0.2, 0.25) is 0 Å². The van der Waals surface area contributed by atoms with Crippen molar-refractivity contribution in [1.29, 1.82) is 0 Å². The summed E-state index contributed by atoms with van der Waals surface area (Å²) < 4.78 is 54.7. The molecule has 12 atom stereocenters. The van der Waals surface area contributed by atoms with Gasteiger partial charge in [-0.25, -0.2) is 19.2 Å². The zero-order chi connectivity index (χ0) is 47.6. The molecule has 0 unspecified atom stereocenters. The minimum atomic E-state index is -2.25. The van der Waals surface area contributed by atoms with Gasteiger partial charge in [0.1, 0.15) is 52.7 Å². The Kier molecular flexibility index (Phi) is 13.0. The number of benzene rings is 1. The minimum absolute atomic E-state index is 0.0402. The lowest BCUT2D eigenvalue weighted by atomic mass is 9.42. The number of methoxy groups -OCH3 is 2. The smallest absolute Gasteiger partial charge is 0.409 e. The molecule has 18 heteroatoms. The van der Waals surface area contributed by atoms with Crippen LogP contribution in [0.25, 0.3) is 0 Å². The van der Waals surface area contributed by atoms with Gasteiger partial charge in [0, 0.05) is 44.7 Å². The topological polar surface area (TPSA) is 224 Å². The first-order valence-electron chi connectivity index (χ1n) is 21.4. The van der Waals surface area contributed by atoms with Gasteiger partial charge in [0.25, 0.3) is 0 Å². The lowest BCUT2D eigenvalue weighted by molar-refractivity contribution is -0.416. The van der Waals surface area contributed by atoms with E-state index in [4.69, 9.17) is 42.6 Å². The number of ether oxygens (including phenoxy) is 9. The maximum Gasteiger partial charge on any atom is 0.409 e. The second-order valence-corrected chi connectivity index (χ2v) is 19.7. The highest BCUT2D eigenvalue weighted by Crippen LogP contribution is 2.69. The van der Waals surface area contributed by atoms with Crippen molar-refractivity contribution < 1.29 is 76.8 Å². The molecule has 1 aromatic carbocycles. The van der Waals surface area contributed by atoms with Crippen LogP contribution in [-0.4, -0.2) is 146 Å². The highest BCUT2D eigenvalue weighted by atomic mass is 16.6. The highest BCUT2D eigenvalue weighted by molar-refractivity contribution is 5.93. The molecule has 2 saturated heterocycles. The van der Waals surface area contributed by atoms with Crippen molar-refractivity contribution in [2.24, 2.45) is 16.7 Å². The van der Waals surface area contributed by atoms with Crippen molar-refractivity contribution in [2.75, 3.05) is 34.9 Å². The SMILES string of the molecule is COc1ccc(OC)c(C(=O)O[C@H]2[C@@H]3[C@]4(OC(C)=O)CO[C@@H]4C[C@H]4O[C@@H]([C@H](OC(=O)N(C)C)C5=C(C)[C@@H](OC(=O)[C@H](O)[C@H](C=C(C)C)NC(=O)OC(C)(C)C)C[C@]2(O)C5(C)C)[C@@]34C)c1. The molecule has 2 aliphatic heterocycles. The Balaban J connectivity index is 1.56. The van der Waals surface area contributed by atoms with E-state index in [2.05, 4.69) is 5.32 Å². The quantitative estimate of drug-likeness (QED) is 0.159. The van der Waals surface area contributed by atoms with E-state index in [1.807, 2.05) is 6.92 Å². The van der Waals surface area contributed by atoms with Gasteiger partial charge in [-0.3, -0.25) is 4.79 Å². The zero-order valence-corrected chi connectivity index (χ0v) is 39.2. The fourth-order valence-electron chi connectivity index (χ4n) is 10.5. The van der Waals surface area contributed by atoms with Gasteiger partial charge in [0.05, 0.1) is 38.9 Å². The zero-order valence-electron chi connectivity index (χ0n) is 39.2. The molecule has 4 fully saturated rings. The monoisotopic (exact) mass is 900 g/mol. The fourth-order valence-corrected chi connectivity index (χ4v) is 10.5. The molecule has 0 aromatic heterocycles. The van der Waals surface area contributed by atoms with Crippen molar-refractivity contribution in [3.8, 4) is 11.5 Å². The molecule has 2 bridgehead atoms. The van der Waals surface area contributed by atoms with Crippen molar-refractivity contribution in [2.45, 2.75) is 148 Å². The maximum absolute atomic E-state index is 14.8. The summed E-state index contributed by atoms with van der Waals surface area (Å²) in [5, 5.41) is 28.1. The number of rotatable bonds is 11. The third-order valence-electron chi connectivity index (χ3n) is 13.6. The summed E-state index contributed by atoms with van der Waals surface area (Å²) in [4.78, 5) is 70.1. The number of carbonyl (C=O) groups is 5. The Morgan fingerprint density at radius 3 is 2.20 bits per heavy atom. The standard InChI is InChI=1S/C46H64N2O16/c1-22(2)17-27(47-40(53)64-42(5,6)7)33(50)39(52)59-29-20-46(55)37(62-38(51)26-18-25(56-13)15-16-28(26)57-14)35-44(10)30(19-31-45(35,21-58-31)63-24(4)49)60-36(44)34(61-41(54)48(11)12)32(23(29)3)43(46,8)9/h15-18,27,29-31,33-37,50,55H,19-21H2,1-14H3,(H,47,53)/t27-,29-,30+,31+,33+,34+,35-,36-,37-,44+,45-,46+/m0/s1. The highest BCUT2D eigenvalue weighted by Gasteiger charge is 2.82. The third kappa shape index (κ3) is 8.19. The average Bonchev–Trinajstić information content (AvgIpc) is 3.18. The number of carbonyl (C=O) groups excluding carboxylic acids is 5. The summed E-state index contributed by atoms with van der Waals surface area (Å²) in [5.74, 6) is -3.40. The second kappa shape index (κ2) is 17.1. The van der Waals surface area contributed by atoms with Crippen molar-refractivity contribution in [1.82, 2.24) is 10.2 Å². The van der Waals surface area contributed by atoms with E-state index < -0.39 is 119 Å². The van der Waals surface area contributed by atoms with Crippen LogP contribution >= 0.6 is 0 Å². The van der Waals surface area contributed by atoms with Crippen molar-refractivity contribution in [3.63, 3.8) is 0 Å². The normalized spacial score (nSPS) is 33.0. The second-order valence-electron chi connectivity index (χ2n) is 19.7. The van der Waals surface area contributed by atoms with Crippen LogP contribution in [0.3, 0.4) is 0 Å². The van der Waals surface area contributed by atoms with Crippen LogP contribution < -0.4 is 14.8 Å². The lowest BCUT2D eigenvalue weighted by Crippen LogP contribution is -2.86. The van der Waals surface area contributed by atoms with E-state index in [9.17, 15) is 34.2 Å². The number of alkyl carbamates (subject to hydrolysis) is 1. The number of nitrogens with one attached hydrogen (secondary N) is 1. The summed E-state index contributed by atoms with van der Waals surface area (Å²) in [6, 6.07) is 3.26. The van der Waals surface area contributed by atoms with Gasteiger partial charge in [0.15, 0.2) is 17.8 Å². The van der Waals surface area contributed by atoms with Gasteiger partial charge >= 0.3 is 30.1 Å². The van der Waals surface area contributed by atoms with E-state index >= 15 is 0 Å². The maximum atomic E-state index is 14.8. The first-order valence-corrected chi connectivity index (χ1v) is 21.4. The molecule has 6 rings (SSSR count).